The van der Waals surface area contributed by atoms with E-state index in [9.17, 15) is 4.79 Å². The van der Waals surface area contributed by atoms with Gasteiger partial charge in [0.25, 0.3) is 0 Å². The van der Waals surface area contributed by atoms with E-state index in [1.54, 1.807) is 11.0 Å². The molecule has 1 aromatic rings. The first-order chi connectivity index (χ1) is 10.1. The lowest BCUT2D eigenvalue weighted by Gasteiger charge is -2.31. The summed E-state index contributed by atoms with van der Waals surface area (Å²) in [6.07, 6.45) is 2.26. The highest BCUT2D eigenvalue weighted by Crippen LogP contribution is 2.17. The fourth-order valence-electron chi connectivity index (χ4n) is 2.38. The number of carbonyl (C=O) groups excluding carboxylic acids is 1. The highest BCUT2D eigenvalue weighted by atomic mass is 16.6. The molecular weight excluding hydrogens is 270 g/mol. The number of piperidine rings is 1. The van der Waals surface area contributed by atoms with Crippen molar-refractivity contribution in [2.24, 2.45) is 0 Å². The van der Waals surface area contributed by atoms with Gasteiger partial charge in [-0.3, -0.25) is 0 Å². The molecule has 7 nitrogen and oxygen atoms in total. The molecule has 0 unspecified atom stereocenters. The molecule has 21 heavy (non-hydrogen) atoms. The highest BCUT2D eigenvalue weighted by Gasteiger charge is 2.23. The van der Waals surface area contributed by atoms with Crippen LogP contribution in [0.3, 0.4) is 0 Å². The van der Waals surface area contributed by atoms with Gasteiger partial charge in [-0.25, -0.2) is 14.8 Å². The van der Waals surface area contributed by atoms with E-state index in [0.29, 0.717) is 25.5 Å². The van der Waals surface area contributed by atoms with Gasteiger partial charge in [-0.2, -0.15) is 0 Å². The molecule has 0 aliphatic carbocycles. The zero-order valence-electron chi connectivity index (χ0n) is 12.6. The van der Waals surface area contributed by atoms with Gasteiger partial charge < -0.3 is 20.7 Å². The number of nitrogens with one attached hydrogen (secondary N) is 1. The van der Waals surface area contributed by atoms with Gasteiger partial charge in [-0.05, 0) is 19.8 Å². The van der Waals surface area contributed by atoms with Crippen LogP contribution < -0.4 is 11.1 Å². The summed E-state index contributed by atoms with van der Waals surface area (Å²) in [5.41, 5.74) is 5.77. The topological polar surface area (TPSA) is 93.4 Å². The van der Waals surface area contributed by atoms with Crippen LogP contribution in [-0.4, -0.2) is 46.7 Å². The number of nitrogens with two attached hydrogens (primary N) is 1. The predicted molar refractivity (Wildman–Crippen MR) is 81.1 cm³/mol. The summed E-state index contributed by atoms with van der Waals surface area (Å²) >= 11 is 0. The fourth-order valence-corrected chi connectivity index (χ4v) is 2.38. The largest absolute Gasteiger partial charge is 0.450 e. The van der Waals surface area contributed by atoms with Crippen LogP contribution in [0.4, 0.5) is 16.4 Å². The van der Waals surface area contributed by atoms with Crippen LogP contribution in [0, 0.1) is 0 Å². The summed E-state index contributed by atoms with van der Waals surface area (Å²) < 4.78 is 5.01. The van der Waals surface area contributed by atoms with Gasteiger partial charge in [0.15, 0.2) is 0 Å². The van der Waals surface area contributed by atoms with Crippen molar-refractivity contribution in [3.8, 4) is 0 Å². The van der Waals surface area contributed by atoms with Crippen molar-refractivity contribution in [3.05, 3.63) is 11.9 Å². The maximum absolute atomic E-state index is 11.6. The average molecular weight is 293 g/mol. The minimum atomic E-state index is -0.226. The van der Waals surface area contributed by atoms with Gasteiger partial charge in [0.05, 0.1) is 6.61 Å². The van der Waals surface area contributed by atoms with Gasteiger partial charge in [-0.15, -0.1) is 0 Å². The Morgan fingerprint density at radius 3 is 2.76 bits per heavy atom. The molecule has 1 saturated heterocycles. The van der Waals surface area contributed by atoms with E-state index in [4.69, 9.17) is 10.5 Å². The second-order valence-corrected chi connectivity index (χ2v) is 5.05. The zero-order chi connectivity index (χ0) is 15.2. The SMILES string of the molecule is CCOC(=O)N1CCC(Nc2cc(N)nc(CC)n2)CC1. The van der Waals surface area contributed by atoms with Crippen LogP contribution in [0.15, 0.2) is 6.07 Å². The smallest absolute Gasteiger partial charge is 0.409 e. The molecule has 2 heterocycles. The number of aryl methyl sites for hydroxylation is 1. The van der Waals surface area contributed by atoms with Crippen LogP contribution in [0.25, 0.3) is 0 Å². The Kier molecular flexibility index (Phi) is 5.19. The molecule has 0 atom stereocenters. The number of nitrogen functional groups attached to an aromatic ring is 1. The summed E-state index contributed by atoms with van der Waals surface area (Å²) in [7, 11) is 0. The molecule has 0 spiro atoms. The lowest BCUT2D eigenvalue weighted by atomic mass is 10.1. The van der Waals surface area contributed by atoms with E-state index in [-0.39, 0.29) is 12.1 Å². The van der Waals surface area contributed by atoms with Crippen molar-refractivity contribution in [3.63, 3.8) is 0 Å². The molecule has 0 saturated carbocycles. The first-order valence-corrected chi connectivity index (χ1v) is 7.44. The standard InChI is InChI=1S/C14H23N5O2/c1-3-12-17-11(15)9-13(18-12)16-10-5-7-19(8-6-10)14(20)21-4-2/h9-10H,3-8H2,1-2H3,(H3,15,16,17,18). The van der Waals surface area contributed by atoms with E-state index in [2.05, 4.69) is 15.3 Å². The monoisotopic (exact) mass is 293 g/mol. The number of anilines is 2. The summed E-state index contributed by atoms with van der Waals surface area (Å²) in [5, 5.41) is 3.38. The molecular formula is C14H23N5O2. The second-order valence-electron chi connectivity index (χ2n) is 5.05. The molecule has 3 N–H and O–H groups in total. The van der Waals surface area contributed by atoms with Crippen LogP contribution in [0.5, 0.6) is 0 Å². The normalized spacial score (nSPS) is 15.8. The minimum absolute atomic E-state index is 0.226. The molecule has 0 radical (unpaired) electrons. The molecule has 0 bridgehead atoms. The van der Waals surface area contributed by atoms with Gasteiger partial charge in [-0.1, -0.05) is 6.92 Å². The number of aromatic nitrogens is 2. The number of likely N-dealkylation sites (tertiary alicyclic amines) is 1. The first-order valence-electron chi connectivity index (χ1n) is 7.44. The van der Waals surface area contributed by atoms with E-state index in [1.165, 1.54) is 0 Å². The lowest BCUT2D eigenvalue weighted by molar-refractivity contribution is 0.0983. The number of rotatable bonds is 4. The molecule has 1 aliphatic heterocycles. The van der Waals surface area contributed by atoms with E-state index >= 15 is 0 Å². The predicted octanol–water partition coefficient (Wildman–Crippen LogP) is 1.65. The summed E-state index contributed by atoms with van der Waals surface area (Å²) in [6.45, 7) is 5.61. The van der Waals surface area contributed by atoms with Gasteiger partial charge in [0.1, 0.15) is 17.5 Å². The molecule has 7 heteroatoms. The Morgan fingerprint density at radius 1 is 1.43 bits per heavy atom. The number of hydrogen-bond donors (Lipinski definition) is 2. The van der Waals surface area contributed by atoms with Crippen molar-refractivity contribution >= 4 is 17.7 Å². The molecule has 2 rings (SSSR count). The molecule has 1 fully saturated rings. The van der Waals surface area contributed by atoms with Crippen molar-refractivity contribution in [2.45, 2.75) is 39.2 Å². The maximum Gasteiger partial charge on any atom is 0.409 e. The van der Waals surface area contributed by atoms with Gasteiger partial charge >= 0.3 is 6.09 Å². The molecule has 1 aromatic heterocycles. The third-order valence-electron chi connectivity index (χ3n) is 3.48. The van der Waals surface area contributed by atoms with Crippen molar-refractivity contribution in [2.75, 3.05) is 30.7 Å². The Morgan fingerprint density at radius 2 is 2.14 bits per heavy atom. The van der Waals surface area contributed by atoms with Crippen molar-refractivity contribution in [1.82, 2.24) is 14.9 Å². The number of ether oxygens (including phenoxy) is 1. The van der Waals surface area contributed by atoms with Crippen molar-refractivity contribution < 1.29 is 9.53 Å². The average Bonchev–Trinajstić information content (AvgIpc) is 2.47. The Labute approximate surface area is 124 Å². The summed E-state index contributed by atoms with van der Waals surface area (Å²) in [6, 6.07) is 2.03. The molecule has 0 aromatic carbocycles. The van der Waals surface area contributed by atoms with Crippen LogP contribution in [0.1, 0.15) is 32.5 Å². The quantitative estimate of drug-likeness (QED) is 0.877. The van der Waals surface area contributed by atoms with Crippen molar-refractivity contribution in [1.29, 1.82) is 0 Å². The second kappa shape index (κ2) is 7.10. The van der Waals surface area contributed by atoms with Crippen LogP contribution >= 0.6 is 0 Å². The number of nitrogens with zero attached hydrogens (tertiary/aromatic N) is 3. The zero-order valence-corrected chi connectivity index (χ0v) is 12.6. The number of amides is 1. The van der Waals surface area contributed by atoms with Gasteiger partial charge in [0.2, 0.25) is 0 Å². The molecule has 1 aliphatic rings. The Hall–Kier alpha value is -2.05. The number of hydrogen-bond acceptors (Lipinski definition) is 6. The first kappa shape index (κ1) is 15.3. The Balaban J connectivity index is 1.89. The van der Waals surface area contributed by atoms with Crippen LogP contribution in [0.2, 0.25) is 0 Å². The third kappa shape index (κ3) is 4.21. The third-order valence-corrected chi connectivity index (χ3v) is 3.48. The minimum Gasteiger partial charge on any atom is -0.450 e. The maximum atomic E-state index is 11.6. The number of carbonyl (C=O) groups is 1. The highest BCUT2D eigenvalue weighted by molar-refractivity contribution is 5.67. The summed E-state index contributed by atoms with van der Waals surface area (Å²) in [5.74, 6) is 1.98. The van der Waals surface area contributed by atoms with E-state index in [1.807, 2.05) is 13.8 Å². The van der Waals surface area contributed by atoms with E-state index < -0.39 is 0 Å². The lowest BCUT2D eigenvalue weighted by Crippen LogP contribution is -2.42. The van der Waals surface area contributed by atoms with Crippen LogP contribution in [-0.2, 0) is 11.2 Å². The Bertz CT molecular complexity index is 486. The summed E-state index contributed by atoms with van der Waals surface area (Å²) in [4.78, 5) is 22.0. The van der Waals surface area contributed by atoms with E-state index in [0.717, 1.165) is 30.9 Å². The van der Waals surface area contributed by atoms with Gasteiger partial charge in [0, 0.05) is 31.6 Å². The molecule has 116 valence electrons. The fraction of sp³-hybridized carbons (Fsp3) is 0.643. The molecule has 1 amide bonds.